The van der Waals surface area contributed by atoms with Gasteiger partial charge in [0.1, 0.15) is 23.8 Å². The van der Waals surface area contributed by atoms with Gasteiger partial charge < -0.3 is 20.1 Å². The Bertz CT molecular complexity index is 1260. The SMILES string of the molecule is O=C1Cc2c(ncnc2N2CCC(c3nc(-c4ccc(F)c(F)c4)cn3CC3CCCN3)CC2)N1. The lowest BCUT2D eigenvalue weighted by Gasteiger charge is -2.33. The summed E-state index contributed by atoms with van der Waals surface area (Å²) in [6.07, 6.45) is 7.82. The van der Waals surface area contributed by atoms with Crippen LogP contribution in [-0.2, 0) is 17.8 Å². The predicted octanol–water partition coefficient (Wildman–Crippen LogP) is 3.25. The van der Waals surface area contributed by atoms with Gasteiger partial charge >= 0.3 is 0 Å². The number of carbonyl (C=O) groups excluding carboxylic acids is 1. The number of imidazole rings is 1. The molecule has 3 aromatic rings. The quantitative estimate of drug-likeness (QED) is 0.584. The number of aromatic nitrogens is 4. The van der Waals surface area contributed by atoms with Crippen LogP contribution in [0, 0.1) is 11.6 Å². The van der Waals surface area contributed by atoms with Crippen molar-refractivity contribution in [3.8, 4) is 11.3 Å². The van der Waals surface area contributed by atoms with Crippen molar-refractivity contribution in [3.63, 3.8) is 0 Å². The highest BCUT2D eigenvalue weighted by Crippen LogP contribution is 2.35. The van der Waals surface area contributed by atoms with E-state index in [0.29, 0.717) is 29.5 Å². The average molecular weight is 480 g/mol. The van der Waals surface area contributed by atoms with Crippen LogP contribution in [0.3, 0.4) is 0 Å². The van der Waals surface area contributed by atoms with E-state index in [0.717, 1.165) is 75.1 Å². The zero-order chi connectivity index (χ0) is 23.9. The van der Waals surface area contributed by atoms with Crippen molar-refractivity contribution < 1.29 is 13.6 Å². The van der Waals surface area contributed by atoms with Crippen LogP contribution in [0.15, 0.2) is 30.7 Å². The van der Waals surface area contributed by atoms with Crippen molar-refractivity contribution in [2.75, 3.05) is 29.9 Å². The van der Waals surface area contributed by atoms with Gasteiger partial charge in [0, 0.05) is 48.9 Å². The Hall–Kier alpha value is -3.40. The topological polar surface area (TPSA) is 88.0 Å². The number of benzene rings is 1. The summed E-state index contributed by atoms with van der Waals surface area (Å²) in [4.78, 5) is 27.7. The third-order valence-corrected chi connectivity index (χ3v) is 7.28. The van der Waals surface area contributed by atoms with Crippen LogP contribution in [0.4, 0.5) is 20.4 Å². The number of amides is 1. The van der Waals surface area contributed by atoms with Crippen molar-refractivity contribution in [2.24, 2.45) is 0 Å². The molecule has 1 unspecified atom stereocenters. The number of carbonyl (C=O) groups is 1. The number of fused-ring (bicyclic) bond motifs is 1. The molecule has 0 aliphatic carbocycles. The fourth-order valence-electron chi connectivity index (χ4n) is 5.48. The molecule has 0 spiro atoms. The van der Waals surface area contributed by atoms with Crippen molar-refractivity contribution in [1.29, 1.82) is 0 Å². The molecular weight excluding hydrogens is 452 g/mol. The van der Waals surface area contributed by atoms with Gasteiger partial charge in [-0.3, -0.25) is 4.79 Å². The third kappa shape index (κ3) is 4.27. The molecule has 0 saturated carbocycles. The molecule has 2 saturated heterocycles. The van der Waals surface area contributed by atoms with E-state index in [2.05, 4.69) is 30.1 Å². The van der Waals surface area contributed by atoms with Gasteiger partial charge in [-0.05, 0) is 50.4 Å². The molecule has 6 rings (SSSR count). The van der Waals surface area contributed by atoms with E-state index in [1.807, 2.05) is 6.20 Å². The summed E-state index contributed by atoms with van der Waals surface area (Å²) < 4.78 is 29.6. The smallest absolute Gasteiger partial charge is 0.230 e. The highest BCUT2D eigenvalue weighted by Gasteiger charge is 2.31. The van der Waals surface area contributed by atoms with E-state index >= 15 is 0 Å². The van der Waals surface area contributed by atoms with Crippen LogP contribution in [0.2, 0.25) is 0 Å². The predicted molar refractivity (Wildman–Crippen MR) is 127 cm³/mol. The molecule has 1 aromatic carbocycles. The van der Waals surface area contributed by atoms with Crippen LogP contribution in [-0.4, -0.2) is 51.1 Å². The van der Waals surface area contributed by atoms with Crippen LogP contribution < -0.4 is 15.5 Å². The number of nitrogens with zero attached hydrogens (tertiary/aromatic N) is 5. The van der Waals surface area contributed by atoms with Crippen LogP contribution in [0.1, 0.15) is 43.0 Å². The Morgan fingerprint density at radius 3 is 2.71 bits per heavy atom. The van der Waals surface area contributed by atoms with Crippen molar-refractivity contribution >= 4 is 17.5 Å². The van der Waals surface area contributed by atoms with Gasteiger partial charge in [0.2, 0.25) is 5.91 Å². The van der Waals surface area contributed by atoms with Gasteiger partial charge in [-0.1, -0.05) is 0 Å². The summed E-state index contributed by atoms with van der Waals surface area (Å²) in [5.74, 6) is 0.887. The van der Waals surface area contributed by atoms with Crippen molar-refractivity contribution in [1.82, 2.24) is 24.8 Å². The van der Waals surface area contributed by atoms with E-state index in [-0.39, 0.29) is 11.8 Å². The minimum atomic E-state index is -0.866. The Balaban J connectivity index is 1.25. The molecule has 0 radical (unpaired) electrons. The van der Waals surface area contributed by atoms with Crippen LogP contribution in [0.5, 0.6) is 0 Å². The molecule has 2 aromatic heterocycles. The number of anilines is 2. The highest BCUT2D eigenvalue weighted by atomic mass is 19.2. The van der Waals surface area contributed by atoms with E-state index in [1.54, 1.807) is 6.07 Å². The lowest BCUT2D eigenvalue weighted by atomic mass is 9.95. The second-order valence-corrected chi connectivity index (χ2v) is 9.57. The van der Waals surface area contributed by atoms with Gasteiger partial charge in [-0.25, -0.2) is 23.7 Å². The monoisotopic (exact) mass is 479 g/mol. The second-order valence-electron chi connectivity index (χ2n) is 9.57. The Morgan fingerprint density at radius 1 is 1.09 bits per heavy atom. The maximum Gasteiger partial charge on any atom is 0.230 e. The Morgan fingerprint density at radius 2 is 1.94 bits per heavy atom. The van der Waals surface area contributed by atoms with Crippen molar-refractivity contribution in [2.45, 2.75) is 50.6 Å². The van der Waals surface area contributed by atoms with Crippen LogP contribution >= 0.6 is 0 Å². The lowest BCUT2D eigenvalue weighted by Crippen LogP contribution is -2.35. The first-order valence-electron chi connectivity index (χ1n) is 12.2. The number of hydrogen-bond donors (Lipinski definition) is 2. The minimum Gasteiger partial charge on any atom is -0.356 e. The number of halogens is 2. The van der Waals surface area contributed by atoms with Crippen LogP contribution in [0.25, 0.3) is 11.3 Å². The van der Waals surface area contributed by atoms with E-state index in [9.17, 15) is 13.6 Å². The van der Waals surface area contributed by atoms with Gasteiger partial charge in [0.25, 0.3) is 0 Å². The molecule has 1 atom stereocenters. The zero-order valence-electron chi connectivity index (χ0n) is 19.3. The minimum absolute atomic E-state index is 0.0519. The molecule has 8 nitrogen and oxygen atoms in total. The first-order valence-corrected chi connectivity index (χ1v) is 12.2. The molecule has 10 heteroatoms. The number of piperidine rings is 1. The summed E-state index contributed by atoms with van der Waals surface area (Å²) in [5.41, 5.74) is 2.11. The number of nitrogens with one attached hydrogen (secondary N) is 2. The number of hydrogen-bond acceptors (Lipinski definition) is 6. The summed E-state index contributed by atoms with van der Waals surface area (Å²) in [6.45, 7) is 3.40. The van der Waals surface area contributed by atoms with Crippen molar-refractivity contribution in [3.05, 3.63) is 53.7 Å². The first kappa shape index (κ1) is 22.1. The summed E-state index contributed by atoms with van der Waals surface area (Å²) in [7, 11) is 0. The van der Waals surface area contributed by atoms with E-state index in [4.69, 9.17) is 4.98 Å². The Kier molecular flexibility index (Phi) is 5.68. The van der Waals surface area contributed by atoms with Gasteiger partial charge in [-0.2, -0.15) is 0 Å². The fourth-order valence-corrected chi connectivity index (χ4v) is 5.48. The number of rotatable bonds is 5. The molecular formula is C25H27F2N7O. The molecule has 2 N–H and O–H groups in total. The van der Waals surface area contributed by atoms with E-state index < -0.39 is 11.6 Å². The largest absolute Gasteiger partial charge is 0.356 e. The molecule has 3 aliphatic heterocycles. The average Bonchev–Trinajstić information content (AvgIpc) is 3.61. The molecule has 35 heavy (non-hydrogen) atoms. The maximum atomic E-state index is 13.9. The van der Waals surface area contributed by atoms with E-state index in [1.165, 1.54) is 12.4 Å². The molecule has 1 amide bonds. The lowest BCUT2D eigenvalue weighted by molar-refractivity contribution is -0.115. The van der Waals surface area contributed by atoms with Gasteiger partial charge in [-0.15, -0.1) is 0 Å². The Labute approximate surface area is 201 Å². The molecule has 5 heterocycles. The second kappa shape index (κ2) is 8.99. The normalized spacial score (nSPS) is 20.3. The van der Waals surface area contributed by atoms with Gasteiger partial charge in [0.15, 0.2) is 11.6 Å². The molecule has 3 aliphatic rings. The first-order chi connectivity index (χ1) is 17.0. The third-order valence-electron chi connectivity index (χ3n) is 7.28. The summed E-state index contributed by atoms with van der Waals surface area (Å²) in [5, 5.41) is 6.34. The molecule has 0 bridgehead atoms. The molecule has 182 valence electrons. The fraction of sp³-hybridized carbons (Fsp3) is 0.440. The summed E-state index contributed by atoms with van der Waals surface area (Å²) in [6, 6.07) is 4.33. The molecule has 2 fully saturated rings. The van der Waals surface area contributed by atoms with Gasteiger partial charge in [0.05, 0.1) is 12.1 Å². The maximum absolute atomic E-state index is 13.9. The summed E-state index contributed by atoms with van der Waals surface area (Å²) >= 11 is 0. The standard InChI is InChI=1S/C25H27F2N7O/c26-19-4-3-16(10-20(19)27)21-13-34(12-17-2-1-7-28-17)24(31-21)15-5-8-33(9-6-15)25-18-11-22(35)32-23(18)29-14-30-25/h3-4,10,13-15,17,28H,1-2,5-9,11-12H2,(H,29,30,32,35). The zero-order valence-corrected chi connectivity index (χ0v) is 19.3. The highest BCUT2D eigenvalue weighted by molar-refractivity contribution is 5.99.